The summed E-state index contributed by atoms with van der Waals surface area (Å²) in [6, 6.07) is 14.0. The number of anilines is 1. The predicted octanol–water partition coefficient (Wildman–Crippen LogP) is 3.80. The summed E-state index contributed by atoms with van der Waals surface area (Å²) < 4.78 is 28.8. The number of rotatable bonds is 10. The van der Waals surface area contributed by atoms with Crippen molar-refractivity contribution in [2.45, 2.75) is 31.6 Å². The number of para-hydroxylation sites is 1. The Labute approximate surface area is 159 Å². The Morgan fingerprint density at radius 3 is 2.52 bits per heavy atom. The van der Waals surface area contributed by atoms with E-state index >= 15 is 0 Å². The van der Waals surface area contributed by atoms with E-state index in [2.05, 4.69) is 5.32 Å². The molecular formula is C19H24N2O5S. The van der Waals surface area contributed by atoms with Crippen LogP contribution in [0.3, 0.4) is 0 Å². The number of hydrogen-bond donors (Lipinski definition) is 1. The lowest BCUT2D eigenvalue weighted by molar-refractivity contribution is -0.385. The Balaban J connectivity index is 1.93. The topological polar surface area (TPSA) is 98.5 Å². The smallest absolute Gasteiger partial charge is 0.273 e. The predicted molar refractivity (Wildman–Crippen MR) is 106 cm³/mol. The van der Waals surface area contributed by atoms with Gasteiger partial charge in [0.1, 0.15) is 5.75 Å². The number of non-ortho nitro benzene ring substituents is 1. The molecule has 1 unspecified atom stereocenters. The molecule has 0 aromatic heterocycles. The molecule has 8 heteroatoms. The Hall–Kier alpha value is -2.61. The number of nitro benzene ring substituents is 1. The third-order valence-corrected chi connectivity index (χ3v) is 4.68. The van der Waals surface area contributed by atoms with Crippen molar-refractivity contribution >= 4 is 21.2 Å². The van der Waals surface area contributed by atoms with Crippen LogP contribution in [-0.4, -0.2) is 32.2 Å². The van der Waals surface area contributed by atoms with Crippen molar-refractivity contribution in [3.8, 4) is 5.75 Å². The third kappa shape index (κ3) is 7.65. The number of sulfone groups is 1. The van der Waals surface area contributed by atoms with E-state index in [0.717, 1.165) is 31.3 Å². The molecule has 1 N–H and O–H groups in total. The second kappa shape index (κ2) is 9.36. The summed E-state index contributed by atoms with van der Waals surface area (Å²) in [6.07, 6.45) is 2.55. The first-order valence-electron chi connectivity index (χ1n) is 8.64. The fourth-order valence-corrected chi connectivity index (χ4v) is 3.44. The highest BCUT2D eigenvalue weighted by Crippen LogP contribution is 2.25. The number of hydrogen-bond acceptors (Lipinski definition) is 6. The van der Waals surface area contributed by atoms with Crippen LogP contribution in [0, 0.1) is 10.1 Å². The standard InChI is InChI=1S/C19H24N2O5S/c1-15(7-6-10-20-17-8-4-3-5-9-17)26-19-12-16(14-27(2,24)25)11-18(13-19)21(22)23/h3-5,8-9,11-13,15,20H,6-7,10,14H2,1-2H3. The maximum Gasteiger partial charge on any atom is 0.273 e. The van der Waals surface area contributed by atoms with Gasteiger partial charge in [0.15, 0.2) is 9.84 Å². The minimum Gasteiger partial charge on any atom is -0.490 e. The minimum atomic E-state index is -3.30. The number of benzene rings is 2. The fourth-order valence-electron chi connectivity index (χ4n) is 2.67. The molecule has 146 valence electrons. The Kier molecular flexibility index (Phi) is 7.18. The Bertz CT molecular complexity index is 869. The molecule has 0 amide bonds. The van der Waals surface area contributed by atoms with E-state index < -0.39 is 14.8 Å². The van der Waals surface area contributed by atoms with Crippen molar-refractivity contribution in [2.24, 2.45) is 0 Å². The molecule has 2 aromatic carbocycles. The summed E-state index contributed by atoms with van der Waals surface area (Å²) in [5, 5.41) is 14.4. The highest BCUT2D eigenvalue weighted by molar-refractivity contribution is 7.89. The summed E-state index contributed by atoms with van der Waals surface area (Å²) in [5.41, 5.74) is 1.22. The van der Waals surface area contributed by atoms with E-state index in [4.69, 9.17) is 4.74 Å². The van der Waals surface area contributed by atoms with Gasteiger partial charge in [0.25, 0.3) is 5.69 Å². The second-order valence-electron chi connectivity index (χ2n) is 6.53. The van der Waals surface area contributed by atoms with Crippen LogP contribution in [0.1, 0.15) is 25.3 Å². The molecule has 1 atom stereocenters. The van der Waals surface area contributed by atoms with Gasteiger partial charge < -0.3 is 10.1 Å². The van der Waals surface area contributed by atoms with Crippen molar-refractivity contribution in [3.63, 3.8) is 0 Å². The summed E-state index contributed by atoms with van der Waals surface area (Å²) in [7, 11) is -3.30. The number of nitro groups is 1. The molecule has 2 aromatic rings. The molecule has 0 spiro atoms. The molecular weight excluding hydrogens is 368 g/mol. The van der Waals surface area contributed by atoms with Gasteiger partial charge >= 0.3 is 0 Å². The minimum absolute atomic E-state index is 0.157. The highest BCUT2D eigenvalue weighted by Gasteiger charge is 2.15. The normalized spacial score (nSPS) is 12.4. The van der Waals surface area contributed by atoms with Gasteiger partial charge in [-0.1, -0.05) is 18.2 Å². The van der Waals surface area contributed by atoms with Gasteiger partial charge in [-0.25, -0.2) is 8.42 Å². The van der Waals surface area contributed by atoms with Crippen molar-refractivity contribution in [1.29, 1.82) is 0 Å². The third-order valence-electron chi connectivity index (χ3n) is 3.82. The molecule has 0 bridgehead atoms. The van der Waals surface area contributed by atoms with E-state index in [1.807, 2.05) is 37.3 Å². The van der Waals surface area contributed by atoms with Gasteiger partial charge in [0.05, 0.1) is 22.8 Å². The molecule has 0 radical (unpaired) electrons. The van der Waals surface area contributed by atoms with E-state index in [1.54, 1.807) is 6.07 Å². The van der Waals surface area contributed by atoms with E-state index in [-0.39, 0.29) is 17.5 Å². The van der Waals surface area contributed by atoms with Crippen LogP contribution in [0.15, 0.2) is 48.5 Å². The number of ether oxygens (including phenoxy) is 1. The van der Waals surface area contributed by atoms with E-state index in [9.17, 15) is 18.5 Å². The lowest BCUT2D eigenvalue weighted by Gasteiger charge is -2.16. The van der Waals surface area contributed by atoms with Crippen LogP contribution in [-0.2, 0) is 15.6 Å². The van der Waals surface area contributed by atoms with Crippen LogP contribution >= 0.6 is 0 Å². The van der Waals surface area contributed by atoms with Crippen LogP contribution in [0.25, 0.3) is 0 Å². The zero-order chi connectivity index (χ0) is 19.9. The molecule has 7 nitrogen and oxygen atoms in total. The monoisotopic (exact) mass is 392 g/mol. The molecule has 27 heavy (non-hydrogen) atoms. The van der Waals surface area contributed by atoms with Crippen molar-refractivity contribution < 1.29 is 18.1 Å². The lowest BCUT2D eigenvalue weighted by atomic mass is 10.2. The first kappa shape index (κ1) is 20.7. The lowest BCUT2D eigenvalue weighted by Crippen LogP contribution is -2.14. The van der Waals surface area contributed by atoms with Gasteiger partial charge in [0.2, 0.25) is 0 Å². The van der Waals surface area contributed by atoms with Gasteiger partial charge in [-0.05, 0) is 43.5 Å². The Morgan fingerprint density at radius 1 is 1.19 bits per heavy atom. The van der Waals surface area contributed by atoms with Crippen LogP contribution in [0.4, 0.5) is 11.4 Å². The summed E-state index contributed by atoms with van der Waals surface area (Å²) >= 11 is 0. The SMILES string of the molecule is CC(CCCNc1ccccc1)Oc1cc(CS(C)(=O)=O)cc([N+](=O)[O-])c1. The van der Waals surface area contributed by atoms with Crippen molar-refractivity contribution in [1.82, 2.24) is 0 Å². The van der Waals surface area contributed by atoms with E-state index in [0.29, 0.717) is 11.3 Å². The molecule has 0 heterocycles. The van der Waals surface area contributed by atoms with Crippen molar-refractivity contribution in [2.75, 3.05) is 18.1 Å². The molecule has 0 aliphatic heterocycles. The molecule has 2 rings (SSSR count). The molecule has 0 aliphatic carbocycles. The molecule has 0 saturated heterocycles. The quantitative estimate of drug-likeness (QED) is 0.375. The van der Waals surface area contributed by atoms with Gasteiger partial charge in [-0.2, -0.15) is 0 Å². The summed E-state index contributed by atoms with van der Waals surface area (Å²) in [4.78, 5) is 10.5. The first-order valence-corrected chi connectivity index (χ1v) is 10.7. The van der Waals surface area contributed by atoms with Crippen LogP contribution < -0.4 is 10.1 Å². The van der Waals surface area contributed by atoms with Gasteiger partial charge in [-0.15, -0.1) is 0 Å². The Morgan fingerprint density at radius 2 is 1.89 bits per heavy atom. The average molecular weight is 392 g/mol. The largest absolute Gasteiger partial charge is 0.490 e. The first-order chi connectivity index (χ1) is 12.7. The zero-order valence-corrected chi connectivity index (χ0v) is 16.2. The van der Waals surface area contributed by atoms with Gasteiger partial charge in [0, 0.05) is 24.6 Å². The molecule has 0 fully saturated rings. The number of nitrogens with one attached hydrogen (secondary N) is 1. The number of nitrogens with zero attached hydrogens (tertiary/aromatic N) is 1. The molecule has 0 saturated carbocycles. The summed E-state index contributed by atoms with van der Waals surface area (Å²) in [6.45, 7) is 2.67. The summed E-state index contributed by atoms with van der Waals surface area (Å²) in [5.74, 6) is 0.0480. The maximum absolute atomic E-state index is 11.5. The van der Waals surface area contributed by atoms with Gasteiger partial charge in [-0.3, -0.25) is 10.1 Å². The highest BCUT2D eigenvalue weighted by atomic mass is 32.2. The van der Waals surface area contributed by atoms with Crippen LogP contribution in [0.5, 0.6) is 5.75 Å². The maximum atomic E-state index is 11.5. The van der Waals surface area contributed by atoms with Crippen LogP contribution in [0.2, 0.25) is 0 Å². The average Bonchev–Trinajstić information content (AvgIpc) is 2.58. The fraction of sp³-hybridized carbons (Fsp3) is 0.368. The second-order valence-corrected chi connectivity index (χ2v) is 8.67. The molecule has 0 aliphatic rings. The van der Waals surface area contributed by atoms with Crippen molar-refractivity contribution in [3.05, 3.63) is 64.2 Å². The zero-order valence-electron chi connectivity index (χ0n) is 15.4. The van der Waals surface area contributed by atoms with E-state index in [1.165, 1.54) is 12.1 Å².